The van der Waals surface area contributed by atoms with Crippen molar-refractivity contribution < 1.29 is 9.53 Å². The lowest BCUT2D eigenvalue weighted by Crippen LogP contribution is -2.12. The van der Waals surface area contributed by atoms with Gasteiger partial charge in [-0.15, -0.1) is 0 Å². The fraction of sp³-hybridized carbons (Fsp3) is 0.333. The highest BCUT2D eigenvalue weighted by molar-refractivity contribution is 7.71. The molecule has 1 heterocycles. The number of hydrogen-bond donors (Lipinski definition) is 2. The van der Waals surface area contributed by atoms with Crippen LogP contribution in [0.1, 0.15) is 6.92 Å². The zero-order valence-electron chi connectivity index (χ0n) is 6.42. The molecule has 12 heavy (non-hydrogen) atoms. The van der Waals surface area contributed by atoms with Gasteiger partial charge in [0, 0.05) is 5.38 Å². The van der Waals surface area contributed by atoms with Crippen LogP contribution in [-0.4, -0.2) is 17.1 Å². The third-order valence-electron chi connectivity index (χ3n) is 1.09. The van der Waals surface area contributed by atoms with E-state index in [9.17, 15) is 4.79 Å². The smallest absolute Gasteiger partial charge is 0.411 e. The van der Waals surface area contributed by atoms with E-state index in [0.717, 1.165) is 0 Å². The molecule has 1 rings (SSSR count). The van der Waals surface area contributed by atoms with Crippen LogP contribution in [0.15, 0.2) is 5.38 Å². The molecule has 0 fully saturated rings. The normalized spacial score (nSPS) is 9.42. The van der Waals surface area contributed by atoms with Gasteiger partial charge in [-0.2, -0.15) is 0 Å². The summed E-state index contributed by atoms with van der Waals surface area (Å²) in [6.07, 6.45) is -0.476. The highest BCUT2D eigenvalue weighted by Gasteiger charge is 2.03. The largest absolute Gasteiger partial charge is 0.450 e. The molecule has 0 aliphatic rings. The Bertz CT molecular complexity index is 317. The minimum atomic E-state index is -0.476. The molecule has 4 nitrogen and oxygen atoms in total. The van der Waals surface area contributed by atoms with Gasteiger partial charge in [0.05, 0.1) is 12.3 Å². The van der Waals surface area contributed by atoms with Crippen molar-refractivity contribution in [3.05, 3.63) is 10.0 Å². The molecule has 0 saturated heterocycles. The molecule has 0 saturated carbocycles. The number of nitrogens with one attached hydrogen (secondary N) is 2. The standard InChI is InChI=1S/C6H8N2O2S2/c1-2-10-6(9)7-4-3-12-8-5(4)11/h3H,2H2,1H3,(H,7,9)(H,8,11). The van der Waals surface area contributed by atoms with Crippen LogP contribution < -0.4 is 5.32 Å². The van der Waals surface area contributed by atoms with E-state index in [4.69, 9.17) is 12.2 Å². The molecule has 0 aliphatic heterocycles. The fourth-order valence-corrected chi connectivity index (χ4v) is 1.51. The second-order valence-electron chi connectivity index (χ2n) is 1.93. The number of carbonyl (C=O) groups is 1. The number of aromatic amines is 1. The van der Waals surface area contributed by atoms with E-state index in [-0.39, 0.29) is 0 Å². The predicted octanol–water partition coefficient (Wildman–Crippen LogP) is 2.37. The van der Waals surface area contributed by atoms with Gasteiger partial charge in [0.15, 0.2) is 0 Å². The van der Waals surface area contributed by atoms with Gasteiger partial charge in [-0.25, -0.2) is 4.79 Å². The number of H-pyrrole nitrogens is 1. The molecule has 0 spiro atoms. The van der Waals surface area contributed by atoms with Crippen molar-refractivity contribution in [1.82, 2.24) is 4.37 Å². The third-order valence-corrected chi connectivity index (χ3v) is 2.21. The Labute approximate surface area is 78.7 Å². The summed E-state index contributed by atoms with van der Waals surface area (Å²) in [5, 5.41) is 4.23. The van der Waals surface area contributed by atoms with Crippen LogP contribution in [0.2, 0.25) is 0 Å². The summed E-state index contributed by atoms with van der Waals surface area (Å²) in [6, 6.07) is 0. The molecular formula is C6H8N2O2S2. The minimum Gasteiger partial charge on any atom is -0.450 e. The maximum absolute atomic E-state index is 10.9. The molecule has 66 valence electrons. The Morgan fingerprint density at radius 2 is 2.67 bits per heavy atom. The number of hydrogen-bond acceptors (Lipinski definition) is 4. The van der Waals surface area contributed by atoms with Crippen molar-refractivity contribution in [1.29, 1.82) is 0 Å². The predicted molar refractivity (Wildman–Crippen MR) is 50.1 cm³/mol. The van der Waals surface area contributed by atoms with Crippen molar-refractivity contribution in [3.8, 4) is 0 Å². The van der Waals surface area contributed by atoms with E-state index in [0.29, 0.717) is 16.9 Å². The van der Waals surface area contributed by atoms with E-state index < -0.39 is 6.09 Å². The molecule has 0 aliphatic carbocycles. The summed E-state index contributed by atoms with van der Waals surface area (Å²) in [5.74, 6) is 0. The average molecular weight is 204 g/mol. The van der Waals surface area contributed by atoms with Crippen molar-refractivity contribution in [2.45, 2.75) is 6.92 Å². The van der Waals surface area contributed by atoms with Gasteiger partial charge >= 0.3 is 6.09 Å². The first-order valence-corrected chi connectivity index (χ1v) is 4.62. The molecule has 0 bridgehead atoms. The average Bonchev–Trinajstić information content (AvgIpc) is 2.37. The summed E-state index contributed by atoms with van der Waals surface area (Å²) in [5.41, 5.74) is 0.591. The molecule has 2 N–H and O–H groups in total. The first-order valence-electron chi connectivity index (χ1n) is 3.34. The van der Waals surface area contributed by atoms with Gasteiger partial charge in [-0.1, -0.05) is 23.8 Å². The maximum atomic E-state index is 10.9. The Kier molecular flexibility index (Phi) is 3.24. The fourth-order valence-electron chi connectivity index (χ4n) is 0.614. The number of anilines is 1. The molecule has 1 aromatic rings. The van der Waals surface area contributed by atoms with Crippen LogP contribution in [-0.2, 0) is 4.74 Å². The van der Waals surface area contributed by atoms with Crippen molar-refractivity contribution in [3.63, 3.8) is 0 Å². The number of aromatic nitrogens is 1. The van der Waals surface area contributed by atoms with Gasteiger partial charge in [-0.05, 0) is 6.92 Å². The first-order chi connectivity index (χ1) is 5.74. The Morgan fingerprint density at radius 3 is 3.17 bits per heavy atom. The van der Waals surface area contributed by atoms with E-state index in [1.54, 1.807) is 12.3 Å². The number of rotatable bonds is 2. The SMILES string of the molecule is CCOC(=O)Nc1cs[nH]c1=S. The van der Waals surface area contributed by atoms with Crippen LogP contribution in [0, 0.1) is 4.64 Å². The molecule has 0 atom stereocenters. The quantitative estimate of drug-likeness (QED) is 0.727. The Balaban J connectivity index is 2.58. The molecule has 1 amide bonds. The molecule has 1 aromatic heterocycles. The molecule has 0 radical (unpaired) electrons. The zero-order chi connectivity index (χ0) is 8.97. The Morgan fingerprint density at radius 1 is 1.92 bits per heavy atom. The van der Waals surface area contributed by atoms with E-state index >= 15 is 0 Å². The van der Waals surface area contributed by atoms with E-state index in [1.807, 2.05) is 0 Å². The summed E-state index contributed by atoms with van der Waals surface area (Å²) in [4.78, 5) is 10.9. The zero-order valence-corrected chi connectivity index (χ0v) is 8.05. The van der Waals surface area contributed by atoms with E-state index in [1.165, 1.54) is 11.5 Å². The van der Waals surface area contributed by atoms with Crippen molar-refractivity contribution in [2.24, 2.45) is 0 Å². The number of amides is 1. The first kappa shape index (κ1) is 9.21. The Hall–Kier alpha value is -0.880. The highest BCUT2D eigenvalue weighted by Crippen LogP contribution is 2.11. The highest BCUT2D eigenvalue weighted by atomic mass is 32.1. The number of ether oxygens (including phenoxy) is 1. The van der Waals surface area contributed by atoms with Gasteiger partial charge in [0.2, 0.25) is 0 Å². The lowest BCUT2D eigenvalue weighted by atomic mass is 10.6. The monoisotopic (exact) mass is 204 g/mol. The molecule has 0 unspecified atom stereocenters. The molecular weight excluding hydrogens is 196 g/mol. The van der Waals surface area contributed by atoms with Gasteiger partial charge in [0.1, 0.15) is 4.64 Å². The maximum Gasteiger partial charge on any atom is 0.411 e. The van der Waals surface area contributed by atoms with Crippen LogP contribution >= 0.6 is 23.8 Å². The molecule has 0 aromatic carbocycles. The third kappa shape index (κ3) is 2.31. The molecule has 6 heteroatoms. The minimum absolute atomic E-state index is 0.354. The summed E-state index contributed by atoms with van der Waals surface area (Å²) < 4.78 is 7.99. The van der Waals surface area contributed by atoms with Gasteiger partial charge in [-0.3, -0.25) is 5.32 Å². The van der Waals surface area contributed by atoms with Crippen molar-refractivity contribution in [2.75, 3.05) is 11.9 Å². The summed E-state index contributed by atoms with van der Waals surface area (Å²) in [6.45, 7) is 2.10. The van der Waals surface area contributed by atoms with Crippen LogP contribution in [0.5, 0.6) is 0 Å². The van der Waals surface area contributed by atoms with Crippen LogP contribution in [0.4, 0.5) is 10.5 Å². The second kappa shape index (κ2) is 4.22. The van der Waals surface area contributed by atoms with Gasteiger partial charge < -0.3 is 9.11 Å². The van der Waals surface area contributed by atoms with Gasteiger partial charge in [0.25, 0.3) is 0 Å². The summed E-state index contributed by atoms with van der Waals surface area (Å²) >= 11 is 6.20. The van der Waals surface area contributed by atoms with E-state index in [2.05, 4.69) is 14.4 Å². The topological polar surface area (TPSA) is 54.1 Å². The lowest BCUT2D eigenvalue weighted by molar-refractivity contribution is 0.168. The summed E-state index contributed by atoms with van der Waals surface area (Å²) in [7, 11) is 0. The van der Waals surface area contributed by atoms with Crippen LogP contribution in [0.3, 0.4) is 0 Å². The number of carbonyl (C=O) groups excluding carboxylic acids is 1. The second-order valence-corrected chi connectivity index (χ2v) is 3.01. The lowest BCUT2D eigenvalue weighted by Gasteiger charge is -2.00. The van der Waals surface area contributed by atoms with Crippen molar-refractivity contribution >= 4 is 35.5 Å². The van der Waals surface area contributed by atoms with Crippen LogP contribution in [0.25, 0.3) is 0 Å².